The molecule has 0 aromatic heterocycles. The van der Waals surface area contributed by atoms with E-state index in [4.69, 9.17) is 4.74 Å². The number of thioether (sulfide) groups is 1. The van der Waals surface area contributed by atoms with E-state index in [1.54, 1.807) is 6.08 Å². The zero-order valence-corrected chi connectivity index (χ0v) is 23.0. The van der Waals surface area contributed by atoms with E-state index in [1.165, 1.54) is 11.8 Å². The number of benzene rings is 2. The predicted octanol–water partition coefficient (Wildman–Crippen LogP) is 8.99. The van der Waals surface area contributed by atoms with E-state index >= 15 is 0 Å². The smallest absolute Gasteiger partial charge is 0.195 e. The number of carbonyl (C=O) groups excluding carboxylic acids is 1. The molecule has 2 aromatic rings. The van der Waals surface area contributed by atoms with Crippen molar-refractivity contribution in [2.24, 2.45) is 16.2 Å². The van der Waals surface area contributed by atoms with Gasteiger partial charge in [-0.1, -0.05) is 126 Å². The van der Waals surface area contributed by atoms with Crippen LogP contribution in [0.3, 0.4) is 0 Å². The molecule has 0 spiro atoms. The number of para-hydroxylation sites is 1. The van der Waals surface area contributed by atoms with Crippen molar-refractivity contribution in [2.45, 2.75) is 54.4 Å². The van der Waals surface area contributed by atoms with E-state index in [9.17, 15) is 4.79 Å². The quantitative estimate of drug-likeness (QED) is 0.246. The highest BCUT2D eigenvalue weighted by Gasteiger charge is 2.66. The molecule has 186 valence electrons. The first-order chi connectivity index (χ1) is 16.5. The van der Waals surface area contributed by atoms with Gasteiger partial charge in [0, 0.05) is 22.3 Å². The third-order valence-corrected chi connectivity index (χ3v) is 7.86. The van der Waals surface area contributed by atoms with Crippen LogP contribution in [0.2, 0.25) is 0 Å². The number of hydrogen-bond donors (Lipinski definition) is 0. The summed E-state index contributed by atoms with van der Waals surface area (Å²) < 4.78 is 6.45. The van der Waals surface area contributed by atoms with Gasteiger partial charge in [-0.15, -0.1) is 0 Å². The van der Waals surface area contributed by atoms with Gasteiger partial charge in [-0.3, -0.25) is 4.79 Å². The summed E-state index contributed by atoms with van der Waals surface area (Å²) in [4.78, 5) is 13.3. The summed E-state index contributed by atoms with van der Waals surface area (Å²) in [6, 6.07) is 16.6. The first-order valence-electron chi connectivity index (χ1n) is 12.5. The molecule has 0 N–H and O–H groups in total. The minimum atomic E-state index is -0.212. The molecule has 1 unspecified atom stereocenters. The first-order valence-corrected chi connectivity index (χ1v) is 13.5. The summed E-state index contributed by atoms with van der Waals surface area (Å²) in [5, 5.41) is 0.320. The van der Waals surface area contributed by atoms with Crippen molar-refractivity contribution < 1.29 is 9.53 Å². The Hall–Kier alpha value is -2.52. The highest BCUT2D eigenvalue weighted by Crippen LogP contribution is 2.69. The summed E-state index contributed by atoms with van der Waals surface area (Å²) >= 11 is 1.44. The minimum absolute atomic E-state index is 0.0800. The van der Waals surface area contributed by atoms with Gasteiger partial charge in [0.15, 0.2) is 5.12 Å². The fourth-order valence-corrected chi connectivity index (χ4v) is 6.08. The SMILES string of the molecule is C=C/C=C\C(=C/C)c1cccc(-c2ccccc2)c1OCCSC(=O)C1(CC(C)(C)C)CC1(C)C. The molecule has 3 rings (SSSR count). The second-order valence-electron chi connectivity index (χ2n) is 11.3. The van der Waals surface area contributed by atoms with Crippen LogP contribution in [0.5, 0.6) is 5.75 Å². The average molecular weight is 489 g/mol. The molecule has 0 aliphatic heterocycles. The van der Waals surface area contributed by atoms with Crippen LogP contribution in [-0.4, -0.2) is 17.5 Å². The second-order valence-corrected chi connectivity index (χ2v) is 12.3. The molecule has 2 aromatic carbocycles. The van der Waals surface area contributed by atoms with Gasteiger partial charge in [-0.25, -0.2) is 0 Å². The maximum Gasteiger partial charge on any atom is 0.195 e. The molecule has 0 heterocycles. The summed E-state index contributed by atoms with van der Waals surface area (Å²) in [7, 11) is 0. The normalized spacial score (nSPS) is 19.5. The zero-order valence-electron chi connectivity index (χ0n) is 22.2. The molecule has 0 radical (unpaired) electrons. The second kappa shape index (κ2) is 11.0. The predicted molar refractivity (Wildman–Crippen MR) is 153 cm³/mol. The highest BCUT2D eigenvalue weighted by molar-refractivity contribution is 8.13. The van der Waals surface area contributed by atoms with Crippen molar-refractivity contribution in [1.82, 2.24) is 0 Å². The van der Waals surface area contributed by atoms with Crippen LogP contribution in [-0.2, 0) is 4.79 Å². The summed E-state index contributed by atoms with van der Waals surface area (Å²) in [5.74, 6) is 1.49. The molecule has 1 aliphatic rings. The third-order valence-electron chi connectivity index (χ3n) is 6.83. The van der Waals surface area contributed by atoms with Crippen molar-refractivity contribution >= 4 is 22.5 Å². The van der Waals surface area contributed by atoms with E-state index in [-0.39, 0.29) is 16.2 Å². The van der Waals surface area contributed by atoms with Crippen molar-refractivity contribution in [3.05, 3.63) is 85.0 Å². The van der Waals surface area contributed by atoms with Gasteiger partial charge >= 0.3 is 0 Å². The van der Waals surface area contributed by atoms with Crippen LogP contribution in [0.15, 0.2) is 79.4 Å². The van der Waals surface area contributed by atoms with Gasteiger partial charge in [0.2, 0.25) is 0 Å². The lowest BCUT2D eigenvalue weighted by Gasteiger charge is -2.27. The van der Waals surface area contributed by atoms with E-state index in [1.807, 2.05) is 37.3 Å². The Bertz CT molecular complexity index is 1100. The number of ether oxygens (including phenoxy) is 1. The molecule has 2 nitrogen and oxygen atoms in total. The van der Waals surface area contributed by atoms with Crippen molar-refractivity contribution in [2.75, 3.05) is 12.4 Å². The van der Waals surface area contributed by atoms with Gasteiger partial charge in [0.25, 0.3) is 0 Å². The van der Waals surface area contributed by atoms with Gasteiger partial charge in [0.05, 0.1) is 6.61 Å². The van der Waals surface area contributed by atoms with E-state index in [0.29, 0.717) is 17.5 Å². The molecular formula is C32H40O2S. The Morgan fingerprint density at radius 1 is 1.11 bits per heavy atom. The van der Waals surface area contributed by atoms with Gasteiger partial charge in [0.1, 0.15) is 5.75 Å². The largest absolute Gasteiger partial charge is 0.491 e. The first kappa shape index (κ1) is 27.1. The average Bonchev–Trinajstić information content (AvgIpc) is 3.37. The Balaban J connectivity index is 1.80. The maximum absolute atomic E-state index is 13.3. The van der Waals surface area contributed by atoms with Crippen LogP contribution < -0.4 is 4.74 Å². The van der Waals surface area contributed by atoms with Gasteiger partial charge < -0.3 is 4.74 Å². The fraction of sp³-hybridized carbons (Fsp3) is 0.406. The summed E-state index contributed by atoms with van der Waals surface area (Å²) in [6.07, 6.45) is 9.76. The molecular weight excluding hydrogens is 448 g/mol. The van der Waals surface area contributed by atoms with E-state index in [2.05, 4.69) is 77.6 Å². The van der Waals surface area contributed by atoms with Crippen LogP contribution in [0.1, 0.15) is 59.9 Å². The van der Waals surface area contributed by atoms with Crippen molar-refractivity contribution in [3.63, 3.8) is 0 Å². The molecule has 0 saturated heterocycles. The highest BCUT2D eigenvalue weighted by atomic mass is 32.2. The number of rotatable bonds is 10. The minimum Gasteiger partial charge on any atom is -0.491 e. The summed E-state index contributed by atoms with van der Waals surface area (Å²) in [6.45, 7) is 17.4. The Morgan fingerprint density at radius 3 is 2.37 bits per heavy atom. The standard InChI is InChI=1S/C32H40O2S/c1-8-10-15-24(9-2)26-18-14-19-27(25-16-12-11-13-17-25)28(26)34-20-21-35-29(33)32(22-30(3,4)5)23-31(32,6)7/h8-19H,1,20-23H2,2-7H3/b15-10-,24-9+. The van der Waals surface area contributed by atoms with E-state index in [0.717, 1.165) is 40.9 Å². The van der Waals surface area contributed by atoms with Gasteiger partial charge in [-0.2, -0.15) is 0 Å². The molecule has 1 fully saturated rings. The molecule has 1 aliphatic carbocycles. The number of carbonyl (C=O) groups is 1. The molecule has 0 amide bonds. The van der Waals surface area contributed by atoms with Crippen LogP contribution in [0, 0.1) is 16.2 Å². The monoisotopic (exact) mass is 488 g/mol. The topological polar surface area (TPSA) is 26.3 Å². The van der Waals surface area contributed by atoms with Crippen LogP contribution in [0.4, 0.5) is 0 Å². The van der Waals surface area contributed by atoms with Crippen LogP contribution in [0.25, 0.3) is 16.7 Å². The lowest BCUT2D eigenvalue weighted by atomic mass is 9.79. The lowest BCUT2D eigenvalue weighted by Crippen LogP contribution is -2.25. The third kappa shape index (κ3) is 6.38. The lowest BCUT2D eigenvalue weighted by molar-refractivity contribution is -0.117. The maximum atomic E-state index is 13.3. The Morgan fingerprint density at radius 2 is 1.80 bits per heavy atom. The number of allylic oxidation sites excluding steroid dienone is 5. The van der Waals surface area contributed by atoms with E-state index < -0.39 is 0 Å². The Kier molecular flexibility index (Phi) is 8.54. The molecule has 1 saturated carbocycles. The van der Waals surface area contributed by atoms with Crippen LogP contribution >= 0.6 is 11.8 Å². The molecule has 0 bridgehead atoms. The fourth-order valence-electron chi connectivity index (χ4n) is 5.03. The van der Waals surface area contributed by atoms with Crippen molar-refractivity contribution in [3.8, 4) is 16.9 Å². The molecule has 35 heavy (non-hydrogen) atoms. The summed E-state index contributed by atoms with van der Waals surface area (Å²) in [5.41, 5.74) is 4.28. The zero-order chi connectivity index (χ0) is 25.7. The molecule has 3 heteroatoms. The van der Waals surface area contributed by atoms with Gasteiger partial charge in [-0.05, 0) is 41.7 Å². The molecule has 1 atom stereocenters. The Labute approximate surface area is 216 Å². The number of hydrogen-bond acceptors (Lipinski definition) is 3. The van der Waals surface area contributed by atoms with Crippen molar-refractivity contribution in [1.29, 1.82) is 0 Å².